The Morgan fingerprint density at radius 3 is 2.64 bits per heavy atom. The van der Waals surface area contributed by atoms with Gasteiger partial charge in [0.2, 0.25) is 0 Å². The lowest BCUT2D eigenvalue weighted by molar-refractivity contribution is 0.101. The van der Waals surface area contributed by atoms with E-state index in [1.54, 1.807) is 6.07 Å². The Balaban J connectivity index is 3.45. The summed E-state index contributed by atoms with van der Waals surface area (Å²) in [6, 6.07) is 3.53. The summed E-state index contributed by atoms with van der Waals surface area (Å²) in [7, 11) is 0. The second kappa shape index (κ2) is 4.29. The predicted molar refractivity (Wildman–Crippen MR) is 49.2 cm³/mol. The van der Waals surface area contributed by atoms with Gasteiger partial charge in [0.05, 0.1) is 22.5 Å². The molecule has 0 heterocycles. The number of hydrogen-bond acceptors (Lipinski definition) is 2. The smallest absolute Gasteiger partial charge is 0.177 e. The number of nitriles is 1. The van der Waals surface area contributed by atoms with Gasteiger partial charge in [0.1, 0.15) is 0 Å². The molecule has 1 rings (SSSR count). The first-order valence-electron chi connectivity index (χ1n) is 3.59. The van der Waals surface area contributed by atoms with Crippen molar-refractivity contribution in [2.24, 2.45) is 0 Å². The largest absolute Gasteiger partial charge is 0.293 e. The van der Waals surface area contributed by atoms with Crippen molar-refractivity contribution in [3.8, 4) is 6.07 Å². The van der Waals surface area contributed by atoms with E-state index < -0.39 is 23.0 Å². The predicted octanol–water partition coefficient (Wildman–Crippen LogP) is 2.41. The lowest BCUT2D eigenvalue weighted by Crippen LogP contribution is -2.08. The van der Waals surface area contributed by atoms with Crippen molar-refractivity contribution in [2.45, 2.75) is 0 Å². The summed E-state index contributed by atoms with van der Waals surface area (Å²) in [5, 5.41) is 8.42. The van der Waals surface area contributed by atoms with Gasteiger partial charge < -0.3 is 0 Å². The number of Topliss-reactive ketones (excluding diaryl/α,β-unsaturated/α-hetero) is 1. The molecule has 14 heavy (non-hydrogen) atoms. The van der Waals surface area contributed by atoms with Crippen LogP contribution in [0, 0.1) is 23.0 Å². The number of ketones is 1. The van der Waals surface area contributed by atoms with E-state index in [4.69, 9.17) is 5.26 Å². The average Bonchev–Trinajstić information content (AvgIpc) is 2.20. The Kier molecular flexibility index (Phi) is 3.31. The molecule has 1 aromatic rings. The van der Waals surface area contributed by atoms with Gasteiger partial charge in [0.25, 0.3) is 0 Å². The molecule has 2 nitrogen and oxygen atoms in total. The van der Waals surface area contributed by atoms with Gasteiger partial charge in [-0.3, -0.25) is 4.79 Å². The summed E-state index contributed by atoms with van der Waals surface area (Å²) in [6.07, 6.45) is 0. The third-order valence-corrected chi connectivity index (χ3v) is 2.12. The molecule has 0 fully saturated rings. The highest BCUT2D eigenvalue weighted by atomic mass is 79.9. The molecule has 0 atom stereocenters. The summed E-state index contributed by atoms with van der Waals surface area (Å²) < 4.78 is 25.9. The Morgan fingerprint density at radius 1 is 1.50 bits per heavy atom. The molecule has 0 saturated heterocycles. The minimum Gasteiger partial charge on any atom is -0.293 e. The molecule has 0 N–H and O–H groups in total. The summed E-state index contributed by atoms with van der Waals surface area (Å²) >= 11 is 2.83. The number of alkyl halides is 1. The molecule has 0 spiro atoms. The highest BCUT2D eigenvalue weighted by Gasteiger charge is 2.18. The van der Waals surface area contributed by atoms with Crippen LogP contribution < -0.4 is 0 Å². The monoisotopic (exact) mass is 259 g/mol. The molecular weight excluding hydrogens is 256 g/mol. The molecule has 72 valence electrons. The fourth-order valence-electron chi connectivity index (χ4n) is 0.983. The van der Waals surface area contributed by atoms with E-state index in [0.717, 1.165) is 12.1 Å². The number of carbonyl (C=O) groups excluding carboxylic acids is 1. The van der Waals surface area contributed by atoms with Crippen molar-refractivity contribution < 1.29 is 13.6 Å². The van der Waals surface area contributed by atoms with Crippen LogP contribution in [-0.2, 0) is 0 Å². The molecule has 0 aliphatic carbocycles. The maximum Gasteiger partial charge on any atom is 0.177 e. The van der Waals surface area contributed by atoms with E-state index >= 15 is 0 Å². The molecule has 0 aromatic heterocycles. The van der Waals surface area contributed by atoms with Gasteiger partial charge >= 0.3 is 0 Å². The Morgan fingerprint density at radius 2 is 2.14 bits per heavy atom. The van der Waals surface area contributed by atoms with Gasteiger partial charge in [0, 0.05) is 0 Å². The molecule has 0 amide bonds. The lowest BCUT2D eigenvalue weighted by atomic mass is 10.0. The minimum absolute atomic E-state index is 0.151. The zero-order valence-corrected chi connectivity index (χ0v) is 8.44. The third kappa shape index (κ3) is 1.80. The minimum atomic E-state index is -1.27. The van der Waals surface area contributed by atoms with E-state index in [1.807, 2.05) is 0 Å². The number of halogens is 3. The highest BCUT2D eigenvalue weighted by Crippen LogP contribution is 2.17. The number of hydrogen-bond donors (Lipinski definition) is 0. The second-order valence-corrected chi connectivity index (χ2v) is 3.01. The van der Waals surface area contributed by atoms with Crippen molar-refractivity contribution in [3.05, 3.63) is 34.9 Å². The molecule has 0 saturated carbocycles. The van der Waals surface area contributed by atoms with Crippen LogP contribution in [0.4, 0.5) is 8.78 Å². The number of benzene rings is 1. The van der Waals surface area contributed by atoms with Crippen LogP contribution in [0.3, 0.4) is 0 Å². The van der Waals surface area contributed by atoms with Crippen LogP contribution in [0.2, 0.25) is 0 Å². The van der Waals surface area contributed by atoms with Crippen molar-refractivity contribution >= 4 is 21.7 Å². The standard InChI is InChI=1S/C9H4BrF2NO/c10-3-7(14)8-5(4-13)1-2-6(11)9(8)12/h1-2H,3H2. The van der Waals surface area contributed by atoms with Gasteiger partial charge in [-0.1, -0.05) is 15.9 Å². The molecule has 5 heteroatoms. The molecule has 0 unspecified atom stereocenters. The zero-order chi connectivity index (χ0) is 10.7. The van der Waals surface area contributed by atoms with Crippen LogP contribution in [-0.4, -0.2) is 11.1 Å². The van der Waals surface area contributed by atoms with Crippen molar-refractivity contribution in [1.29, 1.82) is 5.26 Å². The van der Waals surface area contributed by atoms with Crippen molar-refractivity contribution in [3.63, 3.8) is 0 Å². The van der Waals surface area contributed by atoms with Crippen LogP contribution in [0.25, 0.3) is 0 Å². The maximum absolute atomic E-state index is 13.1. The van der Waals surface area contributed by atoms with Crippen LogP contribution in [0.15, 0.2) is 12.1 Å². The average molecular weight is 260 g/mol. The van der Waals surface area contributed by atoms with Gasteiger partial charge in [0.15, 0.2) is 17.4 Å². The topological polar surface area (TPSA) is 40.9 Å². The SMILES string of the molecule is N#Cc1ccc(F)c(F)c1C(=O)CBr. The van der Waals surface area contributed by atoms with Crippen molar-refractivity contribution in [2.75, 3.05) is 5.33 Å². The van der Waals surface area contributed by atoms with Gasteiger partial charge in [-0.05, 0) is 12.1 Å². The fourth-order valence-corrected chi connectivity index (χ4v) is 1.26. The first-order chi connectivity index (χ1) is 6.61. The van der Waals surface area contributed by atoms with Crippen LogP contribution in [0.5, 0.6) is 0 Å². The number of rotatable bonds is 2. The van der Waals surface area contributed by atoms with Crippen LogP contribution in [0.1, 0.15) is 15.9 Å². The summed E-state index contributed by atoms with van der Waals surface area (Å²) in [4.78, 5) is 11.2. The molecule has 1 aromatic carbocycles. The molecule has 0 radical (unpaired) electrons. The highest BCUT2D eigenvalue weighted by molar-refractivity contribution is 9.09. The molecule has 0 aliphatic rings. The first kappa shape index (κ1) is 10.8. The van der Waals surface area contributed by atoms with Gasteiger partial charge in [-0.25, -0.2) is 8.78 Å². The summed E-state index contributed by atoms with van der Waals surface area (Å²) in [5.74, 6) is -3.06. The third-order valence-electron chi connectivity index (χ3n) is 1.62. The van der Waals surface area contributed by atoms with Gasteiger partial charge in [-0.2, -0.15) is 5.26 Å². The quantitative estimate of drug-likeness (QED) is 0.605. The zero-order valence-electron chi connectivity index (χ0n) is 6.85. The molecular formula is C9H4BrF2NO. The second-order valence-electron chi connectivity index (χ2n) is 2.45. The van der Waals surface area contributed by atoms with E-state index in [9.17, 15) is 13.6 Å². The lowest BCUT2D eigenvalue weighted by Gasteiger charge is -2.02. The van der Waals surface area contributed by atoms with Crippen LogP contribution >= 0.6 is 15.9 Å². The summed E-state index contributed by atoms with van der Waals surface area (Å²) in [5.41, 5.74) is -0.655. The molecule has 0 bridgehead atoms. The number of nitrogens with zero attached hydrogens (tertiary/aromatic N) is 1. The van der Waals surface area contributed by atoms with E-state index in [0.29, 0.717) is 0 Å². The maximum atomic E-state index is 13.1. The van der Waals surface area contributed by atoms with Gasteiger partial charge in [-0.15, -0.1) is 0 Å². The Hall–Kier alpha value is -1.28. The summed E-state index contributed by atoms with van der Waals surface area (Å²) in [6.45, 7) is 0. The normalized spacial score (nSPS) is 9.57. The van der Waals surface area contributed by atoms with E-state index in [-0.39, 0.29) is 10.9 Å². The van der Waals surface area contributed by atoms with Crippen molar-refractivity contribution in [1.82, 2.24) is 0 Å². The first-order valence-corrected chi connectivity index (χ1v) is 4.71. The number of carbonyl (C=O) groups is 1. The fraction of sp³-hybridized carbons (Fsp3) is 0.111. The molecule has 0 aliphatic heterocycles. The Bertz CT molecular complexity index is 426. The van der Waals surface area contributed by atoms with E-state index in [2.05, 4.69) is 15.9 Å². The van der Waals surface area contributed by atoms with E-state index in [1.165, 1.54) is 0 Å². The Labute approximate surface area is 87.3 Å².